The second kappa shape index (κ2) is 10.3. The van der Waals surface area contributed by atoms with Crippen LogP contribution in [0, 0.1) is 0 Å². The highest BCUT2D eigenvalue weighted by Gasteiger charge is 2.32. The predicted molar refractivity (Wildman–Crippen MR) is 116 cm³/mol. The Kier molecular flexibility index (Phi) is 7.68. The van der Waals surface area contributed by atoms with Gasteiger partial charge in [0.1, 0.15) is 17.0 Å². The first-order valence-electron chi connectivity index (χ1n) is 9.88. The van der Waals surface area contributed by atoms with Gasteiger partial charge >= 0.3 is 11.5 Å². The van der Waals surface area contributed by atoms with E-state index >= 15 is 0 Å². The molecule has 1 amide bonds. The molecule has 0 saturated carbocycles. The largest absolute Gasteiger partial charge is 0.478 e. The van der Waals surface area contributed by atoms with Gasteiger partial charge in [-0.3, -0.25) is 4.79 Å². The molecule has 2 N–H and O–H groups in total. The number of nitrogens with zero attached hydrogens (tertiary/aromatic N) is 2. The molecule has 0 aliphatic heterocycles. The van der Waals surface area contributed by atoms with Crippen molar-refractivity contribution in [1.29, 1.82) is 0 Å². The van der Waals surface area contributed by atoms with E-state index in [1.54, 1.807) is 6.92 Å². The minimum atomic E-state index is -4.54. The van der Waals surface area contributed by atoms with Crippen LogP contribution in [0.25, 0.3) is 0 Å². The Morgan fingerprint density at radius 3 is 2.37 bits per heavy atom. The van der Waals surface area contributed by atoms with Crippen LogP contribution in [-0.4, -0.2) is 32.3 Å². The predicted octanol–water partition coefficient (Wildman–Crippen LogP) is 5.95. The number of hydrogen-bond acceptors (Lipinski definition) is 5. The van der Waals surface area contributed by atoms with Gasteiger partial charge < -0.3 is 15.2 Å². The van der Waals surface area contributed by atoms with E-state index in [1.807, 2.05) is 0 Å². The summed E-state index contributed by atoms with van der Waals surface area (Å²) in [6.07, 6.45) is -3.14. The number of aromatic carboxylic acids is 1. The minimum absolute atomic E-state index is 0.0288. The molecule has 1 heterocycles. The number of alkyl halides is 5. The summed E-state index contributed by atoms with van der Waals surface area (Å²) in [7, 11) is 1.25. The van der Waals surface area contributed by atoms with Crippen molar-refractivity contribution in [3.63, 3.8) is 0 Å². The Labute approximate surface area is 199 Å². The third-order valence-corrected chi connectivity index (χ3v) is 5.44. The van der Waals surface area contributed by atoms with Gasteiger partial charge in [0.15, 0.2) is 0 Å². The van der Waals surface area contributed by atoms with Gasteiger partial charge in [0.2, 0.25) is 5.88 Å². The standard InChI is InChI=1S/C22H18F5N3O4S/c1-11(12-6-8-13(9-7-12)21(32)33)28-19(31)16-17(18(23)24)29-30(2)20(16)34-14-4-3-5-15(10-14)35-22(25,26)27/h3-11,18H,1-2H3,(H,28,31)(H,32,33). The van der Waals surface area contributed by atoms with Crippen molar-refractivity contribution in [2.75, 3.05) is 0 Å². The smallest absolute Gasteiger partial charge is 0.446 e. The van der Waals surface area contributed by atoms with Gasteiger partial charge in [0.25, 0.3) is 12.3 Å². The van der Waals surface area contributed by atoms with E-state index < -0.39 is 41.1 Å². The summed E-state index contributed by atoms with van der Waals surface area (Å²) in [6, 6.07) is 9.73. The molecular formula is C22H18F5N3O4S. The Morgan fingerprint density at radius 2 is 1.80 bits per heavy atom. The third-order valence-electron chi connectivity index (χ3n) is 4.71. The number of rotatable bonds is 8. The molecule has 1 unspecified atom stereocenters. The highest BCUT2D eigenvalue weighted by molar-refractivity contribution is 8.00. The lowest BCUT2D eigenvalue weighted by Crippen LogP contribution is -2.27. The number of aromatic nitrogens is 2. The number of benzene rings is 2. The summed E-state index contributed by atoms with van der Waals surface area (Å²) in [6.45, 7) is 1.56. The van der Waals surface area contributed by atoms with Crippen LogP contribution >= 0.6 is 11.8 Å². The van der Waals surface area contributed by atoms with Gasteiger partial charge in [-0.2, -0.15) is 18.3 Å². The number of ether oxygens (including phenoxy) is 1. The van der Waals surface area contributed by atoms with E-state index in [0.717, 1.165) is 10.7 Å². The summed E-state index contributed by atoms with van der Waals surface area (Å²) in [4.78, 5) is 23.8. The maximum absolute atomic E-state index is 13.7. The summed E-state index contributed by atoms with van der Waals surface area (Å²) in [5.74, 6) is -2.60. The number of carboxylic acid groups (broad SMARTS) is 1. The van der Waals surface area contributed by atoms with Crippen LogP contribution in [0.2, 0.25) is 0 Å². The molecule has 0 aliphatic carbocycles. The molecule has 0 bridgehead atoms. The second-order valence-electron chi connectivity index (χ2n) is 7.24. The lowest BCUT2D eigenvalue weighted by atomic mass is 10.1. The number of nitrogens with one attached hydrogen (secondary N) is 1. The Balaban J connectivity index is 1.90. The number of carboxylic acids is 1. The summed E-state index contributed by atoms with van der Waals surface area (Å²) >= 11 is -0.379. The van der Waals surface area contributed by atoms with E-state index in [0.29, 0.717) is 5.56 Å². The molecule has 0 fully saturated rings. The van der Waals surface area contributed by atoms with E-state index in [-0.39, 0.29) is 33.9 Å². The zero-order valence-electron chi connectivity index (χ0n) is 18.1. The first-order valence-corrected chi connectivity index (χ1v) is 10.7. The van der Waals surface area contributed by atoms with Crippen molar-refractivity contribution in [3.05, 3.63) is 70.9 Å². The van der Waals surface area contributed by atoms with Gasteiger partial charge in [-0.15, -0.1) is 0 Å². The van der Waals surface area contributed by atoms with Crippen molar-refractivity contribution in [2.24, 2.45) is 7.05 Å². The molecule has 186 valence electrons. The normalized spacial score (nSPS) is 12.5. The fourth-order valence-corrected chi connectivity index (χ4v) is 3.71. The molecule has 1 atom stereocenters. The molecule has 3 aromatic rings. The molecule has 13 heteroatoms. The molecule has 2 aromatic carbocycles. The van der Waals surface area contributed by atoms with Crippen molar-refractivity contribution in [3.8, 4) is 11.6 Å². The number of carbonyl (C=O) groups excluding carboxylic acids is 1. The summed E-state index contributed by atoms with van der Waals surface area (Å²) in [5, 5.41) is 15.2. The zero-order chi connectivity index (χ0) is 25.9. The fraction of sp³-hybridized carbons (Fsp3) is 0.227. The maximum atomic E-state index is 13.7. The van der Waals surface area contributed by atoms with Crippen LogP contribution in [-0.2, 0) is 7.05 Å². The van der Waals surface area contributed by atoms with Gasteiger partial charge in [0.05, 0.1) is 11.6 Å². The second-order valence-corrected chi connectivity index (χ2v) is 8.38. The van der Waals surface area contributed by atoms with Gasteiger partial charge in [-0.25, -0.2) is 18.3 Å². The Hall–Kier alpha value is -3.61. The summed E-state index contributed by atoms with van der Waals surface area (Å²) < 4.78 is 71.8. The molecule has 3 rings (SSSR count). The van der Waals surface area contributed by atoms with E-state index in [4.69, 9.17) is 9.84 Å². The molecule has 35 heavy (non-hydrogen) atoms. The molecule has 0 saturated heterocycles. The Morgan fingerprint density at radius 1 is 1.14 bits per heavy atom. The van der Waals surface area contributed by atoms with Crippen LogP contribution in [0.3, 0.4) is 0 Å². The monoisotopic (exact) mass is 515 g/mol. The molecule has 0 spiro atoms. The third kappa shape index (κ3) is 6.50. The lowest BCUT2D eigenvalue weighted by molar-refractivity contribution is -0.0328. The average molecular weight is 515 g/mol. The van der Waals surface area contributed by atoms with E-state index in [2.05, 4.69) is 10.4 Å². The SMILES string of the molecule is CC(NC(=O)c1c(C(F)F)nn(C)c1Oc1cccc(SC(F)(F)F)c1)c1ccc(C(=O)O)cc1. The van der Waals surface area contributed by atoms with Gasteiger partial charge in [-0.05, 0) is 54.6 Å². The quantitative estimate of drug-likeness (QED) is 0.285. The van der Waals surface area contributed by atoms with Crippen LogP contribution in [0.5, 0.6) is 11.6 Å². The van der Waals surface area contributed by atoms with Crippen LogP contribution in [0.15, 0.2) is 53.4 Å². The molecule has 7 nitrogen and oxygen atoms in total. The highest BCUT2D eigenvalue weighted by atomic mass is 32.2. The topological polar surface area (TPSA) is 93.5 Å². The van der Waals surface area contributed by atoms with Crippen LogP contribution in [0.4, 0.5) is 22.0 Å². The van der Waals surface area contributed by atoms with Crippen LogP contribution < -0.4 is 10.1 Å². The zero-order valence-corrected chi connectivity index (χ0v) is 19.0. The van der Waals surface area contributed by atoms with Crippen molar-refractivity contribution < 1.29 is 41.4 Å². The van der Waals surface area contributed by atoms with E-state index in [9.17, 15) is 31.5 Å². The summed E-state index contributed by atoms with van der Waals surface area (Å²) in [5.41, 5.74) is -5.45. The van der Waals surface area contributed by atoms with Crippen molar-refractivity contribution in [1.82, 2.24) is 15.1 Å². The lowest BCUT2D eigenvalue weighted by Gasteiger charge is -2.16. The van der Waals surface area contributed by atoms with Crippen molar-refractivity contribution >= 4 is 23.6 Å². The molecule has 0 radical (unpaired) electrons. The number of halogens is 5. The molecule has 0 aliphatic rings. The fourth-order valence-electron chi connectivity index (χ4n) is 3.12. The van der Waals surface area contributed by atoms with Crippen molar-refractivity contribution in [2.45, 2.75) is 29.8 Å². The Bertz CT molecular complexity index is 1230. The number of carbonyl (C=O) groups is 2. The number of amides is 1. The number of thioether (sulfide) groups is 1. The number of aryl methyl sites for hydroxylation is 1. The maximum Gasteiger partial charge on any atom is 0.446 e. The first-order chi connectivity index (χ1) is 16.4. The van der Waals surface area contributed by atoms with E-state index in [1.165, 1.54) is 49.5 Å². The average Bonchev–Trinajstić information content (AvgIpc) is 3.09. The highest BCUT2D eigenvalue weighted by Crippen LogP contribution is 2.39. The number of hydrogen-bond donors (Lipinski definition) is 2. The molecule has 1 aromatic heterocycles. The van der Waals surface area contributed by atoms with Gasteiger partial charge in [0, 0.05) is 11.9 Å². The molecular weight excluding hydrogens is 497 g/mol. The van der Waals surface area contributed by atoms with Gasteiger partial charge in [-0.1, -0.05) is 18.2 Å². The first kappa shape index (κ1) is 26.0. The minimum Gasteiger partial charge on any atom is -0.478 e. The van der Waals surface area contributed by atoms with Crippen LogP contribution in [0.1, 0.15) is 51.4 Å².